The van der Waals surface area contributed by atoms with Crippen LogP contribution in [0.2, 0.25) is 0 Å². The van der Waals surface area contributed by atoms with Crippen LogP contribution in [-0.2, 0) is 11.3 Å². The highest BCUT2D eigenvalue weighted by molar-refractivity contribution is 7.16. The highest BCUT2D eigenvalue weighted by Gasteiger charge is 2.06. The molecule has 1 N–H and O–H groups in total. The van der Waals surface area contributed by atoms with E-state index >= 15 is 0 Å². The Kier molecular flexibility index (Phi) is 3.79. The van der Waals surface area contributed by atoms with Crippen molar-refractivity contribution in [3.63, 3.8) is 0 Å². The van der Waals surface area contributed by atoms with E-state index in [1.165, 1.54) is 7.11 Å². The number of nitrogens with one attached hydrogen (secondary N) is 1. The summed E-state index contributed by atoms with van der Waals surface area (Å²) >= 11 is 1.59. The lowest BCUT2D eigenvalue weighted by Gasteiger charge is -2.07. The normalized spacial score (nSPS) is 10.5. The minimum absolute atomic E-state index is 0.328. The first-order valence-corrected chi connectivity index (χ1v) is 7.25. The zero-order valence-electron chi connectivity index (χ0n) is 11.4. The van der Waals surface area contributed by atoms with Crippen molar-refractivity contribution in [3.8, 4) is 0 Å². The minimum Gasteiger partial charge on any atom is -0.465 e. The molecule has 1 aromatic carbocycles. The van der Waals surface area contributed by atoms with Crippen molar-refractivity contribution in [2.45, 2.75) is 6.54 Å². The average Bonchev–Trinajstić information content (AvgIpc) is 3.02. The van der Waals surface area contributed by atoms with Crippen LogP contribution in [0.25, 0.3) is 10.2 Å². The van der Waals surface area contributed by atoms with Crippen molar-refractivity contribution in [1.29, 1.82) is 0 Å². The number of carbonyl (C=O) groups excluding carboxylic acids is 1. The summed E-state index contributed by atoms with van der Waals surface area (Å²) in [5.41, 5.74) is 1.60. The van der Waals surface area contributed by atoms with Crippen molar-refractivity contribution in [2.24, 2.45) is 0 Å². The molecule has 0 radical (unpaired) electrons. The molecule has 0 aliphatic rings. The molecule has 0 spiro atoms. The maximum atomic E-state index is 11.4. The number of thiophene rings is 1. The summed E-state index contributed by atoms with van der Waals surface area (Å²) in [6.45, 7) is 0.628. The standard InChI is InChI=1S/C15H13N3O2S/c1-20-15(19)11-4-2-10(3-5-11)8-16-13-12-6-7-21-14(12)18-9-17-13/h2-7,9H,8H2,1H3,(H,16,17,18). The lowest BCUT2D eigenvalue weighted by molar-refractivity contribution is 0.0600. The van der Waals surface area contributed by atoms with Gasteiger partial charge in [-0.3, -0.25) is 0 Å². The number of carbonyl (C=O) groups is 1. The average molecular weight is 299 g/mol. The fraction of sp³-hybridized carbons (Fsp3) is 0.133. The van der Waals surface area contributed by atoms with Crippen LogP contribution in [0.15, 0.2) is 42.0 Å². The third-order valence-electron chi connectivity index (χ3n) is 3.10. The molecule has 0 saturated heterocycles. The van der Waals surface area contributed by atoms with E-state index in [0.717, 1.165) is 21.6 Å². The fourth-order valence-corrected chi connectivity index (χ4v) is 2.73. The number of fused-ring (bicyclic) bond motifs is 1. The number of ether oxygens (including phenoxy) is 1. The van der Waals surface area contributed by atoms with Crippen LogP contribution in [0.1, 0.15) is 15.9 Å². The monoisotopic (exact) mass is 299 g/mol. The number of nitrogens with zero attached hydrogens (tertiary/aromatic N) is 2. The smallest absolute Gasteiger partial charge is 0.337 e. The number of rotatable bonds is 4. The second-order valence-corrected chi connectivity index (χ2v) is 5.30. The Hall–Kier alpha value is -2.47. The summed E-state index contributed by atoms with van der Waals surface area (Å²) in [6, 6.07) is 9.30. The number of methoxy groups -OCH3 is 1. The van der Waals surface area contributed by atoms with E-state index in [4.69, 9.17) is 0 Å². The Bertz CT molecular complexity index is 768. The van der Waals surface area contributed by atoms with Gasteiger partial charge in [0.05, 0.1) is 18.1 Å². The van der Waals surface area contributed by atoms with Gasteiger partial charge in [0.2, 0.25) is 0 Å². The van der Waals surface area contributed by atoms with Crippen LogP contribution in [0.3, 0.4) is 0 Å². The molecule has 0 amide bonds. The fourth-order valence-electron chi connectivity index (χ4n) is 1.99. The van der Waals surface area contributed by atoms with Gasteiger partial charge in [-0.15, -0.1) is 11.3 Å². The van der Waals surface area contributed by atoms with E-state index in [2.05, 4.69) is 20.0 Å². The van der Waals surface area contributed by atoms with Gasteiger partial charge in [-0.25, -0.2) is 14.8 Å². The topological polar surface area (TPSA) is 64.1 Å². The van der Waals surface area contributed by atoms with Crippen molar-refractivity contribution < 1.29 is 9.53 Å². The molecule has 3 rings (SSSR count). The van der Waals surface area contributed by atoms with Crippen LogP contribution in [0.5, 0.6) is 0 Å². The summed E-state index contributed by atoms with van der Waals surface area (Å²) in [4.78, 5) is 20.8. The predicted molar refractivity (Wildman–Crippen MR) is 82.5 cm³/mol. The number of aromatic nitrogens is 2. The van der Waals surface area contributed by atoms with Crippen molar-refractivity contribution in [1.82, 2.24) is 9.97 Å². The van der Waals surface area contributed by atoms with E-state index in [-0.39, 0.29) is 5.97 Å². The molecule has 2 aromatic heterocycles. The molecule has 21 heavy (non-hydrogen) atoms. The molecule has 3 aromatic rings. The minimum atomic E-state index is -0.328. The molecule has 0 bridgehead atoms. The maximum absolute atomic E-state index is 11.4. The molecule has 6 heteroatoms. The maximum Gasteiger partial charge on any atom is 0.337 e. The third kappa shape index (κ3) is 2.85. The van der Waals surface area contributed by atoms with Gasteiger partial charge in [-0.2, -0.15) is 0 Å². The summed E-state index contributed by atoms with van der Waals surface area (Å²) in [7, 11) is 1.37. The van der Waals surface area contributed by atoms with Gasteiger partial charge >= 0.3 is 5.97 Å². The van der Waals surface area contributed by atoms with Gasteiger partial charge < -0.3 is 10.1 Å². The molecule has 2 heterocycles. The molecule has 0 saturated carbocycles. The number of benzene rings is 1. The number of anilines is 1. The molecule has 0 fully saturated rings. The summed E-state index contributed by atoms with van der Waals surface area (Å²) in [6.07, 6.45) is 1.56. The van der Waals surface area contributed by atoms with Crippen LogP contribution in [0, 0.1) is 0 Å². The van der Waals surface area contributed by atoms with Crippen LogP contribution >= 0.6 is 11.3 Å². The van der Waals surface area contributed by atoms with E-state index in [9.17, 15) is 4.79 Å². The van der Waals surface area contributed by atoms with E-state index in [0.29, 0.717) is 12.1 Å². The first-order chi connectivity index (χ1) is 10.3. The summed E-state index contributed by atoms with van der Waals surface area (Å²) < 4.78 is 4.67. The Morgan fingerprint density at radius 3 is 2.81 bits per heavy atom. The van der Waals surface area contributed by atoms with Gasteiger partial charge in [-0.05, 0) is 29.1 Å². The molecule has 0 atom stereocenters. The quantitative estimate of drug-likeness (QED) is 0.750. The van der Waals surface area contributed by atoms with E-state index < -0.39 is 0 Å². The molecule has 0 aliphatic carbocycles. The number of hydrogen-bond acceptors (Lipinski definition) is 6. The molecule has 5 nitrogen and oxygen atoms in total. The first-order valence-electron chi connectivity index (χ1n) is 6.37. The van der Waals surface area contributed by atoms with Crippen molar-refractivity contribution in [2.75, 3.05) is 12.4 Å². The van der Waals surface area contributed by atoms with E-state index in [1.807, 2.05) is 23.6 Å². The molecule has 0 aliphatic heterocycles. The van der Waals surface area contributed by atoms with Gasteiger partial charge in [0.15, 0.2) is 0 Å². The summed E-state index contributed by atoms with van der Waals surface area (Å²) in [5, 5.41) is 6.31. The zero-order valence-corrected chi connectivity index (χ0v) is 12.2. The highest BCUT2D eigenvalue weighted by atomic mass is 32.1. The Morgan fingerprint density at radius 2 is 2.05 bits per heavy atom. The molecular weight excluding hydrogens is 286 g/mol. The zero-order chi connectivity index (χ0) is 14.7. The summed E-state index contributed by atoms with van der Waals surface area (Å²) in [5.74, 6) is 0.489. The van der Waals surface area contributed by atoms with Gasteiger partial charge in [0.1, 0.15) is 17.0 Å². The lowest BCUT2D eigenvalue weighted by atomic mass is 10.1. The van der Waals surface area contributed by atoms with Crippen LogP contribution < -0.4 is 5.32 Å². The largest absolute Gasteiger partial charge is 0.465 e. The molecule has 106 valence electrons. The Morgan fingerprint density at radius 1 is 1.24 bits per heavy atom. The Labute approximate surface area is 125 Å². The SMILES string of the molecule is COC(=O)c1ccc(CNc2ncnc3sccc23)cc1. The number of hydrogen-bond donors (Lipinski definition) is 1. The van der Waals surface area contributed by atoms with Crippen LogP contribution in [0.4, 0.5) is 5.82 Å². The Balaban J connectivity index is 1.73. The number of esters is 1. The molecular formula is C15H13N3O2S. The molecule has 0 unspecified atom stereocenters. The first kappa shape index (κ1) is 13.5. The second kappa shape index (κ2) is 5.88. The third-order valence-corrected chi connectivity index (χ3v) is 3.92. The van der Waals surface area contributed by atoms with E-state index in [1.54, 1.807) is 29.8 Å². The van der Waals surface area contributed by atoms with Gasteiger partial charge in [0.25, 0.3) is 0 Å². The highest BCUT2D eigenvalue weighted by Crippen LogP contribution is 2.24. The van der Waals surface area contributed by atoms with Crippen LogP contribution in [-0.4, -0.2) is 23.0 Å². The lowest BCUT2D eigenvalue weighted by Crippen LogP contribution is -2.04. The van der Waals surface area contributed by atoms with Gasteiger partial charge in [0, 0.05) is 6.54 Å². The van der Waals surface area contributed by atoms with Gasteiger partial charge in [-0.1, -0.05) is 12.1 Å². The predicted octanol–water partition coefficient (Wildman–Crippen LogP) is 3.09. The second-order valence-electron chi connectivity index (χ2n) is 4.40. The van der Waals surface area contributed by atoms with Crippen molar-refractivity contribution in [3.05, 3.63) is 53.2 Å². The van der Waals surface area contributed by atoms with Crippen molar-refractivity contribution >= 4 is 33.3 Å².